The summed E-state index contributed by atoms with van der Waals surface area (Å²) in [6.07, 6.45) is 0.517. The van der Waals surface area contributed by atoms with Crippen LogP contribution in [0.1, 0.15) is 40.5 Å². The third kappa shape index (κ3) is 3.24. The van der Waals surface area contributed by atoms with E-state index in [1.807, 2.05) is 20.8 Å². The van der Waals surface area contributed by atoms with Crippen LogP contribution >= 0.6 is 0 Å². The van der Waals surface area contributed by atoms with E-state index in [0.29, 0.717) is 19.4 Å². The van der Waals surface area contributed by atoms with Crippen LogP contribution in [0, 0.1) is 5.41 Å². The van der Waals surface area contributed by atoms with E-state index in [2.05, 4.69) is 10.6 Å². The van der Waals surface area contributed by atoms with Crippen molar-refractivity contribution in [3.05, 3.63) is 0 Å². The number of amides is 2. The fourth-order valence-corrected chi connectivity index (χ4v) is 2.78. The first-order valence-electron chi connectivity index (χ1n) is 7.52. The fourth-order valence-electron chi connectivity index (χ4n) is 2.78. The molecule has 22 heavy (non-hydrogen) atoms. The summed E-state index contributed by atoms with van der Waals surface area (Å²) < 4.78 is 10.5. The Morgan fingerprint density at radius 3 is 2.27 bits per heavy atom. The van der Waals surface area contributed by atoms with Crippen LogP contribution in [-0.4, -0.2) is 49.7 Å². The second-order valence-corrected chi connectivity index (χ2v) is 5.95. The quantitative estimate of drug-likeness (QED) is 0.662. The van der Waals surface area contributed by atoms with Crippen molar-refractivity contribution in [2.75, 3.05) is 20.3 Å². The number of hydrogen-bond donors (Lipinski definition) is 2. The molecule has 0 spiro atoms. The SMILES string of the molecule is CCO[C@@H]1C[C@](NC(=O)CNC(=O)CC)(C(=O)OC)C1(C)C. The number of carbonyl (C=O) groups excluding carboxylic acids is 3. The molecule has 2 atom stereocenters. The molecule has 0 heterocycles. The molecule has 0 aromatic rings. The molecule has 0 aromatic carbocycles. The normalized spacial score (nSPS) is 25.8. The van der Waals surface area contributed by atoms with Gasteiger partial charge < -0.3 is 20.1 Å². The standard InChI is InChI=1S/C15H26N2O5/c1-6-11(18)16-9-12(19)17-15(13(20)21-5)8-10(22-7-2)14(15,3)4/h10H,6-9H2,1-5H3,(H,16,18)(H,17,19)/t10-,15+/m1/s1. The van der Waals surface area contributed by atoms with Gasteiger partial charge in [0, 0.05) is 24.9 Å². The monoisotopic (exact) mass is 314 g/mol. The number of esters is 1. The van der Waals surface area contributed by atoms with Gasteiger partial charge in [-0.1, -0.05) is 20.8 Å². The van der Waals surface area contributed by atoms with Gasteiger partial charge in [-0.15, -0.1) is 0 Å². The van der Waals surface area contributed by atoms with Crippen LogP contribution < -0.4 is 10.6 Å². The zero-order valence-electron chi connectivity index (χ0n) is 13.9. The Morgan fingerprint density at radius 2 is 1.82 bits per heavy atom. The van der Waals surface area contributed by atoms with Crippen molar-refractivity contribution in [1.82, 2.24) is 10.6 Å². The molecule has 7 heteroatoms. The first kappa shape index (κ1) is 18.4. The maximum atomic E-state index is 12.2. The number of ether oxygens (including phenoxy) is 2. The van der Waals surface area contributed by atoms with E-state index in [0.717, 1.165) is 0 Å². The number of rotatable bonds is 7. The Labute approximate surface area is 131 Å². The van der Waals surface area contributed by atoms with Crippen molar-refractivity contribution in [3.63, 3.8) is 0 Å². The van der Waals surface area contributed by atoms with Gasteiger partial charge in [-0.25, -0.2) is 4.79 Å². The average molecular weight is 314 g/mol. The molecule has 0 bridgehead atoms. The third-order valence-electron chi connectivity index (χ3n) is 4.42. The highest BCUT2D eigenvalue weighted by Gasteiger charge is 2.66. The lowest BCUT2D eigenvalue weighted by atomic mass is 9.54. The summed E-state index contributed by atoms with van der Waals surface area (Å²) in [6.45, 7) is 7.67. The van der Waals surface area contributed by atoms with Gasteiger partial charge in [-0.2, -0.15) is 0 Å². The fraction of sp³-hybridized carbons (Fsp3) is 0.800. The third-order valence-corrected chi connectivity index (χ3v) is 4.42. The van der Waals surface area contributed by atoms with E-state index in [4.69, 9.17) is 9.47 Å². The molecule has 2 amide bonds. The summed E-state index contributed by atoms with van der Waals surface area (Å²) in [6, 6.07) is 0. The molecule has 7 nitrogen and oxygen atoms in total. The van der Waals surface area contributed by atoms with Crippen molar-refractivity contribution in [2.45, 2.75) is 52.2 Å². The zero-order chi connectivity index (χ0) is 17.0. The summed E-state index contributed by atoms with van der Waals surface area (Å²) in [5.74, 6) is -1.14. The lowest BCUT2D eigenvalue weighted by Gasteiger charge is -2.58. The zero-order valence-corrected chi connectivity index (χ0v) is 13.9. The Balaban J connectivity index is 2.81. The highest BCUT2D eigenvalue weighted by Crippen LogP contribution is 2.51. The lowest BCUT2D eigenvalue weighted by molar-refractivity contribution is -0.197. The molecule has 1 saturated carbocycles. The molecule has 0 aliphatic heterocycles. The highest BCUT2D eigenvalue weighted by atomic mass is 16.5. The van der Waals surface area contributed by atoms with Crippen molar-refractivity contribution in [1.29, 1.82) is 0 Å². The van der Waals surface area contributed by atoms with E-state index in [9.17, 15) is 14.4 Å². The highest BCUT2D eigenvalue weighted by molar-refractivity contribution is 5.92. The van der Waals surface area contributed by atoms with Crippen LogP contribution in [0.15, 0.2) is 0 Å². The Hall–Kier alpha value is -1.63. The van der Waals surface area contributed by atoms with Gasteiger partial charge in [0.25, 0.3) is 0 Å². The van der Waals surface area contributed by atoms with Gasteiger partial charge in [0.05, 0.1) is 19.8 Å². The smallest absolute Gasteiger partial charge is 0.332 e. The van der Waals surface area contributed by atoms with Crippen molar-refractivity contribution >= 4 is 17.8 Å². The summed E-state index contributed by atoms with van der Waals surface area (Å²) >= 11 is 0. The molecule has 0 unspecified atom stereocenters. The van der Waals surface area contributed by atoms with Crippen molar-refractivity contribution in [2.24, 2.45) is 5.41 Å². The summed E-state index contributed by atoms with van der Waals surface area (Å²) in [5, 5.41) is 5.22. The summed E-state index contributed by atoms with van der Waals surface area (Å²) in [7, 11) is 1.29. The molecule has 1 rings (SSSR count). The lowest BCUT2D eigenvalue weighted by Crippen LogP contribution is -2.76. The number of nitrogens with one attached hydrogen (secondary N) is 2. The van der Waals surface area contributed by atoms with Gasteiger partial charge >= 0.3 is 5.97 Å². The van der Waals surface area contributed by atoms with Crippen molar-refractivity contribution < 1.29 is 23.9 Å². The molecule has 0 radical (unpaired) electrons. The summed E-state index contributed by atoms with van der Waals surface area (Å²) in [5.41, 5.74) is -1.73. The molecule has 1 aliphatic carbocycles. The van der Waals surface area contributed by atoms with Crippen LogP contribution in [0.3, 0.4) is 0 Å². The van der Waals surface area contributed by atoms with Gasteiger partial charge in [-0.3, -0.25) is 9.59 Å². The van der Waals surface area contributed by atoms with Crippen LogP contribution in [0.25, 0.3) is 0 Å². The topological polar surface area (TPSA) is 93.7 Å². The van der Waals surface area contributed by atoms with Crippen LogP contribution in [-0.2, 0) is 23.9 Å². The average Bonchev–Trinajstić information content (AvgIpc) is 2.50. The van der Waals surface area contributed by atoms with E-state index >= 15 is 0 Å². The largest absolute Gasteiger partial charge is 0.467 e. The minimum atomic E-state index is -1.13. The number of carbonyl (C=O) groups is 3. The Morgan fingerprint density at radius 1 is 1.18 bits per heavy atom. The van der Waals surface area contributed by atoms with Gasteiger partial charge in [0.2, 0.25) is 11.8 Å². The molecular formula is C15H26N2O5. The summed E-state index contributed by atoms with van der Waals surface area (Å²) in [4.78, 5) is 35.5. The Kier molecular flexibility index (Phi) is 5.93. The second-order valence-electron chi connectivity index (χ2n) is 5.95. The predicted octanol–water partition coefficient (Wildman–Crippen LogP) is 0.376. The van der Waals surface area contributed by atoms with E-state index in [1.54, 1.807) is 6.92 Å². The minimum absolute atomic E-state index is 0.137. The van der Waals surface area contributed by atoms with E-state index in [1.165, 1.54) is 7.11 Å². The molecule has 1 aliphatic rings. The maximum Gasteiger partial charge on any atom is 0.332 e. The molecule has 0 saturated heterocycles. The van der Waals surface area contributed by atoms with Gasteiger partial charge in [0.15, 0.2) is 0 Å². The predicted molar refractivity (Wildman–Crippen MR) is 80.0 cm³/mol. The van der Waals surface area contributed by atoms with Gasteiger partial charge in [-0.05, 0) is 6.92 Å². The molecule has 2 N–H and O–H groups in total. The first-order valence-corrected chi connectivity index (χ1v) is 7.52. The van der Waals surface area contributed by atoms with Gasteiger partial charge in [0.1, 0.15) is 5.54 Å². The Bertz CT molecular complexity index is 449. The first-order chi connectivity index (χ1) is 10.2. The maximum absolute atomic E-state index is 12.2. The molecule has 1 fully saturated rings. The van der Waals surface area contributed by atoms with E-state index in [-0.39, 0.29) is 18.6 Å². The van der Waals surface area contributed by atoms with Crippen LogP contribution in [0.4, 0.5) is 0 Å². The van der Waals surface area contributed by atoms with Crippen molar-refractivity contribution in [3.8, 4) is 0 Å². The molecule has 126 valence electrons. The number of hydrogen-bond acceptors (Lipinski definition) is 5. The van der Waals surface area contributed by atoms with E-state index < -0.39 is 22.8 Å². The number of methoxy groups -OCH3 is 1. The molecular weight excluding hydrogens is 288 g/mol. The minimum Gasteiger partial charge on any atom is -0.467 e. The second kappa shape index (κ2) is 7.09. The van der Waals surface area contributed by atoms with Crippen LogP contribution in [0.2, 0.25) is 0 Å². The van der Waals surface area contributed by atoms with Crippen LogP contribution in [0.5, 0.6) is 0 Å². The molecule has 0 aromatic heterocycles.